The maximum atomic E-state index is 13.2. The van der Waals surface area contributed by atoms with Crippen molar-refractivity contribution in [1.29, 1.82) is 0 Å². The first kappa shape index (κ1) is 11.6. The van der Waals surface area contributed by atoms with Gasteiger partial charge in [-0.05, 0) is 37.5 Å². The van der Waals surface area contributed by atoms with Crippen molar-refractivity contribution in [3.63, 3.8) is 0 Å². The van der Waals surface area contributed by atoms with Gasteiger partial charge in [0.25, 0.3) is 5.89 Å². The first-order valence-electron chi connectivity index (χ1n) is 5.66. The molecule has 3 rings (SSSR count). The van der Waals surface area contributed by atoms with E-state index in [4.69, 9.17) is 21.9 Å². The van der Waals surface area contributed by atoms with E-state index in [1.165, 1.54) is 12.1 Å². The Labute approximate surface area is 108 Å². The highest BCUT2D eigenvalue weighted by molar-refractivity contribution is 6.30. The van der Waals surface area contributed by atoms with Crippen LogP contribution in [0.15, 0.2) is 22.7 Å². The van der Waals surface area contributed by atoms with Gasteiger partial charge in [0.15, 0.2) is 5.82 Å². The summed E-state index contributed by atoms with van der Waals surface area (Å²) in [7, 11) is 0. The van der Waals surface area contributed by atoms with Gasteiger partial charge >= 0.3 is 0 Å². The Bertz CT molecular complexity index is 575. The SMILES string of the molecule is NC1(c2noc(-c3cc(F)cc(Cl)c3)n2)CCC1. The molecule has 1 aliphatic rings. The molecule has 0 spiro atoms. The molecule has 18 heavy (non-hydrogen) atoms. The van der Waals surface area contributed by atoms with E-state index in [0.717, 1.165) is 19.3 Å². The molecule has 1 heterocycles. The minimum absolute atomic E-state index is 0.239. The van der Waals surface area contributed by atoms with Crippen molar-refractivity contribution in [3.05, 3.63) is 34.9 Å². The molecular formula is C12H11ClFN3O. The van der Waals surface area contributed by atoms with Crippen molar-refractivity contribution >= 4 is 11.6 Å². The van der Waals surface area contributed by atoms with Crippen LogP contribution in [0.3, 0.4) is 0 Å². The van der Waals surface area contributed by atoms with Crippen molar-refractivity contribution < 1.29 is 8.91 Å². The van der Waals surface area contributed by atoms with Crippen LogP contribution in [0.4, 0.5) is 4.39 Å². The Balaban J connectivity index is 1.97. The van der Waals surface area contributed by atoms with Gasteiger partial charge in [0, 0.05) is 10.6 Å². The molecule has 1 aliphatic carbocycles. The van der Waals surface area contributed by atoms with Crippen LogP contribution in [-0.4, -0.2) is 10.1 Å². The van der Waals surface area contributed by atoms with Crippen LogP contribution in [0.5, 0.6) is 0 Å². The summed E-state index contributed by atoms with van der Waals surface area (Å²) < 4.78 is 18.3. The van der Waals surface area contributed by atoms with Crippen LogP contribution in [0.2, 0.25) is 5.02 Å². The topological polar surface area (TPSA) is 64.9 Å². The summed E-state index contributed by atoms with van der Waals surface area (Å²) in [5, 5.41) is 4.16. The quantitative estimate of drug-likeness (QED) is 0.909. The third-order valence-corrected chi connectivity index (χ3v) is 3.44. The molecule has 94 valence electrons. The Kier molecular flexibility index (Phi) is 2.60. The molecule has 0 unspecified atom stereocenters. The maximum absolute atomic E-state index is 13.2. The van der Waals surface area contributed by atoms with Gasteiger partial charge in [-0.25, -0.2) is 4.39 Å². The average molecular weight is 268 g/mol. The second kappa shape index (κ2) is 4.03. The predicted molar refractivity (Wildman–Crippen MR) is 64.4 cm³/mol. The predicted octanol–water partition coefficient (Wildman–Crippen LogP) is 2.87. The van der Waals surface area contributed by atoms with Gasteiger partial charge < -0.3 is 10.3 Å². The third-order valence-electron chi connectivity index (χ3n) is 3.23. The molecule has 6 heteroatoms. The van der Waals surface area contributed by atoms with Crippen LogP contribution >= 0.6 is 11.6 Å². The van der Waals surface area contributed by atoms with Gasteiger partial charge in [0.1, 0.15) is 5.82 Å². The zero-order valence-corrected chi connectivity index (χ0v) is 10.2. The molecule has 4 nitrogen and oxygen atoms in total. The van der Waals surface area contributed by atoms with Crippen molar-refractivity contribution in [3.8, 4) is 11.5 Å². The Morgan fingerprint density at radius 2 is 2.11 bits per heavy atom. The van der Waals surface area contributed by atoms with Crippen molar-refractivity contribution in [1.82, 2.24) is 10.1 Å². The number of aromatic nitrogens is 2. The standard InChI is InChI=1S/C12H11ClFN3O/c13-8-4-7(5-9(14)6-8)10-16-11(17-18-10)12(15)2-1-3-12/h4-6H,1-3,15H2. The van der Waals surface area contributed by atoms with Gasteiger partial charge in [-0.15, -0.1) is 0 Å². The fraction of sp³-hybridized carbons (Fsp3) is 0.333. The molecule has 2 aromatic rings. The van der Waals surface area contributed by atoms with Gasteiger partial charge in [0.05, 0.1) is 5.54 Å². The van der Waals surface area contributed by atoms with Crippen LogP contribution in [-0.2, 0) is 5.54 Å². The Morgan fingerprint density at radius 3 is 2.72 bits per heavy atom. The molecule has 1 saturated carbocycles. The molecular weight excluding hydrogens is 257 g/mol. The van der Waals surface area contributed by atoms with E-state index in [9.17, 15) is 4.39 Å². The number of benzene rings is 1. The lowest BCUT2D eigenvalue weighted by Crippen LogP contribution is -2.44. The molecule has 0 atom stereocenters. The minimum Gasteiger partial charge on any atom is -0.334 e. The molecule has 0 aliphatic heterocycles. The number of hydrogen-bond donors (Lipinski definition) is 1. The number of rotatable bonds is 2. The van der Waals surface area contributed by atoms with Crippen LogP contribution in [0.25, 0.3) is 11.5 Å². The first-order valence-corrected chi connectivity index (χ1v) is 6.04. The average Bonchev–Trinajstić information content (AvgIpc) is 2.74. The lowest BCUT2D eigenvalue weighted by Gasteiger charge is -2.34. The number of halogens is 2. The lowest BCUT2D eigenvalue weighted by atomic mass is 9.77. The highest BCUT2D eigenvalue weighted by atomic mass is 35.5. The van der Waals surface area contributed by atoms with E-state index >= 15 is 0 Å². The van der Waals surface area contributed by atoms with Gasteiger partial charge in [-0.1, -0.05) is 16.8 Å². The Hall–Kier alpha value is -1.46. The largest absolute Gasteiger partial charge is 0.334 e. The number of hydrogen-bond acceptors (Lipinski definition) is 4. The Morgan fingerprint density at radius 1 is 1.33 bits per heavy atom. The number of nitrogens with zero attached hydrogens (tertiary/aromatic N) is 2. The highest BCUT2D eigenvalue weighted by Crippen LogP contribution is 2.37. The fourth-order valence-electron chi connectivity index (χ4n) is 2.00. The zero-order valence-electron chi connectivity index (χ0n) is 9.49. The first-order chi connectivity index (χ1) is 8.57. The van der Waals surface area contributed by atoms with Crippen molar-refractivity contribution in [2.24, 2.45) is 5.73 Å². The lowest BCUT2D eigenvalue weighted by molar-refractivity contribution is 0.229. The normalized spacial score (nSPS) is 17.5. The van der Waals surface area contributed by atoms with Gasteiger partial charge in [0.2, 0.25) is 0 Å². The number of nitrogens with two attached hydrogens (primary N) is 1. The molecule has 0 radical (unpaired) electrons. The molecule has 0 amide bonds. The second-order valence-corrected chi connectivity index (χ2v) is 5.03. The van der Waals surface area contributed by atoms with Crippen molar-refractivity contribution in [2.75, 3.05) is 0 Å². The minimum atomic E-state index is -0.487. The summed E-state index contributed by atoms with van der Waals surface area (Å²) in [6.45, 7) is 0. The monoisotopic (exact) mass is 267 g/mol. The third kappa shape index (κ3) is 1.89. The van der Waals surface area contributed by atoms with Gasteiger partial charge in [-0.3, -0.25) is 0 Å². The highest BCUT2D eigenvalue weighted by Gasteiger charge is 2.39. The van der Waals surface area contributed by atoms with E-state index in [-0.39, 0.29) is 10.9 Å². The molecule has 1 aromatic carbocycles. The maximum Gasteiger partial charge on any atom is 0.258 e. The fourth-order valence-corrected chi connectivity index (χ4v) is 2.22. The van der Waals surface area contributed by atoms with Crippen molar-refractivity contribution in [2.45, 2.75) is 24.8 Å². The van der Waals surface area contributed by atoms with E-state index in [2.05, 4.69) is 10.1 Å². The van der Waals surface area contributed by atoms with E-state index in [1.54, 1.807) is 6.07 Å². The summed E-state index contributed by atoms with van der Waals surface area (Å²) in [5.41, 5.74) is 6.06. The zero-order chi connectivity index (χ0) is 12.8. The van der Waals surface area contributed by atoms with Crippen LogP contribution in [0.1, 0.15) is 25.1 Å². The summed E-state index contributed by atoms with van der Waals surface area (Å²) >= 11 is 5.78. The van der Waals surface area contributed by atoms with E-state index in [1.807, 2.05) is 0 Å². The van der Waals surface area contributed by atoms with Gasteiger partial charge in [-0.2, -0.15) is 4.98 Å². The molecule has 0 saturated heterocycles. The smallest absolute Gasteiger partial charge is 0.258 e. The van der Waals surface area contributed by atoms with E-state index < -0.39 is 11.4 Å². The second-order valence-electron chi connectivity index (χ2n) is 4.59. The molecule has 1 fully saturated rings. The summed E-state index contributed by atoms with van der Waals surface area (Å²) in [4.78, 5) is 4.23. The van der Waals surface area contributed by atoms with Crippen LogP contribution in [0, 0.1) is 5.82 Å². The summed E-state index contributed by atoms with van der Waals surface area (Å²) in [6.07, 6.45) is 2.75. The summed E-state index contributed by atoms with van der Waals surface area (Å²) in [6, 6.07) is 4.09. The molecule has 2 N–H and O–H groups in total. The molecule has 0 bridgehead atoms. The van der Waals surface area contributed by atoms with E-state index in [0.29, 0.717) is 11.4 Å². The molecule has 1 aromatic heterocycles. The summed E-state index contributed by atoms with van der Waals surface area (Å²) in [5.74, 6) is 0.274. The van der Waals surface area contributed by atoms with Crippen LogP contribution < -0.4 is 5.73 Å².